The minimum Gasteiger partial charge on any atom is -0.295 e. The third-order valence-corrected chi connectivity index (χ3v) is 6.07. The minimum absolute atomic E-state index is 0.0260. The van der Waals surface area contributed by atoms with E-state index in [9.17, 15) is 9.59 Å². The van der Waals surface area contributed by atoms with Crippen LogP contribution in [0.3, 0.4) is 0 Å². The number of halogens is 1. The molecule has 1 heterocycles. The molecular formula is C23H17BrN2O2S. The molecule has 0 saturated heterocycles. The summed E-state index contributed by atoms with van der Waals surface area (Å²) in [5.41, 5.74) is 2.97. The number of anilines is 1. The van der Waals surface area contributed by atoms with Crippen molar-refractivity contribution in [3.05, 3.63) is 94.0 Å². The molecule has 0 aliphatic carbocycles. The average molecular weight is 465 g/mol. The molecule has 6 heteroatoms. The quantitative estimate of drug-likeness (QED) is 0.334. The molecule has 4 aromatic rings. The van der Waals surface area contributed by atoms with Crippen molar-refractivity contribution in [2.45, 2.75) is 13.5 Å². The zero-order valence-corrected chi connectivity index (χ0v) is 18.0. The minimum atomic E-state index is -0.151. The molecule has 1 amide bonds. The summed E-state index contributed by atoms with van der Waals surface area (Å²) < 4.78 is 1.98. The van der Waals surface area contributed by atoms with Gasteiger partial charge in [-0.1, -0.05) is 69.7 Å². The van der Waals surface area contributed by atoms with Crippen LogP contribution in [-0.2, 0) is 6.54 Å². The lowest BCUT2D eigenvalue weighted by molar-refractivity contribution is 0.0981. The van der Waals surface area contributed by atoms with Gasteiger partial charge in [0.05, 0.1) is 16.8 Å². The van der Waals surface area contributed by atoms with Crippen molar-refractivity contribution >= 4 is 54.3 Å². The van der Waals surface area contributed by atoms with Crippen molar-refractivity contribution < 1.29 is 9.59 Å². The Hall–Kier alpha value is -2.83. The Kier molecular flexibility index (Phi) is 5.56. The fourth-order valence-electron chi connectivity index (χ4n) is 3.00. The summed E-state index contributed by atoms with van der Waals surface area (Å²) in [5.74, 6) is -0.177. The standard InChI is InChI=1S/C23H17BrN2O2S/c1-15(27)17-7-9-18(10-8-17)22(28)26(14-16-5-3-2-4-6-16)23-25-20-12-11-19(24)13-21(20)29-23/h2-13H,14H2,1H3. The Morgan fingerprint density at radius 1 is 0.966 bits per heavy atom. The van der Waals surface area contributed by atoms with Gasteiger partial charge in [-0.15, -0.1) is 0 Å². The predicted molar refractivity (Wildman–Crippen MR) is 121 cm³/mol. The fourth-order valence-corrected chi connectivity index (χ4v) is 4.51. The van der Waals surface area contributed by atoms with Gasteiger partial charge in [0.15, 0.2) is 10.9 Å². The molecule has 0 aliphatic heterocycles. The highest BCUT2D eigenvalue weighted by Crippen LogP contribution is 2.32. The van der Waals surface area contributed by atoms with Gasteiger partial charge >= 0.3 is 0 Å². The van der Waals surface area contributed by atoms with Crippen LogP contribution in [0.1, 0.15) is 33.2 Å². The maximum Gasteiger partial charge on any atom is 0.260 e. The van der Waals surface area contributed by atoms with Gasteiger partial charge in [-0.2, -0.15) is 0 Å². The Labute approximate surface area is 180 Å². The van der Waals surface area contributed by atoms with E-state index in [0.717, 1.165) is 20.3 Å². The smallest absolute Gasteiger partial charge is 0.260 e. The second kappa shape index (κ2) is 8.27. The Bertz CT molecular complexity index is 1190. The lowest BCUT2D eigenvalue weighted by Gasteiger charge is -2.20. The summed E-state index contributed by atoms with van der Waals surface area (Å²) in [4.78, 5) is 31.3. The number of benzene rings is 3. The third-order valence-electron chi connectivity index (χ3n) is 4.54. The van der Waals surface area contributed by atoms with Crippen molar-refractivity contribution in [2.24, 2.45) is 0 Å². The number of carbonyl (C=O) groups excluding carboxylic acids is 2. The zero-order valence-electron chi connectivity index (χ0n) is 15.6. The summed E-state index contributed by atoms with van der Waals surface area (Å²) in [5, 5.41) is 0.641. The monoisotopic (exact) mass is 464 g/mol. The highest BCUT2D eigenvalue weighted by atomic mass is 79.9. The number of nitrogens with zero attached hydrogens (tertiary/aromatic N) is 2. The molecule has 0 spiro atoms. The van der Waals surface area contributed by atoms with E-state index in [4.69, 9.17) is 4.98 Å². The Morgan fingerprint density at radius 3 is 2.34 bits per heavy atom. The molecule has 0 atom stereocenters. The van der Waals surface area contributed by atoms with Crippen molar-refractivity contribution in [1.29, 1.82) is 0 Å². The second-order valence-corrected chi connectivity index (χ2v) is 8.54. The molecule has 3 aromatic carbocycles. The number of rotatable bonds is 5. The van der Waals surface area contributed by atoms with Gasteiger partial charge < -0.3 is 0 Å². The number of fused-ring (bicyclic) bond motifs is 1. The lowest BCUT2D eigenvalue weighted by atomic mass is 10.1. The summed E-state index contributed by atoms with van der Waals surface area (Å²) in [6.45, 7) is 1.92. The molecule has 0 radical (unpaired) electrons. The Morgan fingerprint density at radius 2 is 1.66 bits per heavy atom. The molecule has 0 aliphatic rings. The van der Waals surface area contributed by atoms with Crippen LogP contribution in [-0.4, -0.2) is 16.7 Å². The van der Waals surface area contributed by atoms with E-state index in [0.29, 0.717) is 22.8 Å². The van der Waals surface area contributed by atoms with Gasteiger partial charge in [0.2, 0.25) is 0 Å². The summed E-state index contributed by atoms with van der Waals surface area (Å²) >= 11 is 4.97. The topological polar surface area (TPSA) is 50.3 Å². The van der Waals surface area contributed by atoms with Crippen LogP contribution in [0, 0.1) is 0 Å². The van der Waals surface area contributed by atoms with E-state index in [2.05, 4.69) is 15.9 Å². The molecule has 4 rings (SSSR count). The van der Waals surface area contributed by atoms with Crippen LogP contribution in [0.2, 0.25) is 0 Å². The first-order valence-electron chi connectivity index (χ1n) is 9.04. The number of amides is 1. The molecule has 0 bridgehead atoms. The number of carbonyl (C=O) groups is 2. The fraction of sp³-hybridized carbons (Fsp3) is 0.0870. The molecular weight excluding hydrogens is 448 g/mol. The number of thiazole rings is 1. The third kappa shape index (κ3) is 4.28. The van der Waals surface area contributed by atoms with Crippen molar-refractivity contribution in [2.75, 3.05) is 4.90 Å². The van der Waals surface area contributed by atoms with Gasteiger partial charge in [0, 0.05) is 15.6 Å². The van der Waals surface area contributed by atoms with Crippen LogP contribution in [0.4, 0.5) is 5.13 Å². The second-order valence-electron chi connectivity index (χ2n) is 6.62. The zero-order chi connectivity index (χ0) is 20.4. The van der Waals surface area contributed by atoms with Gasteiger partial charge in [-0.05, 0) is 42.8 Å². The summed E-state index contributed by atoms with van der Waals surface area (Å²) in [6.07, 6.45) is 0. The van der Waals surface area contributed by atoms with Crippen LogP contribution < -0.4 is 4.90 Å². The van der Waals surface area contributed by atoms with Crippen molar-refractivity contribution in [3.63, 3.8) is 0 Å². The number of aromatic nitrogens is 1. The van der Waals surface area contributed by atoms with Gasteiger partial charge in [-0.3, -0.25) is 14.5 Å². The normalized spacial score (nSPS) is 10.8. The van der Waals surface area contributed by atoms with Gasteiger partial charge in [0.25, 0.3) is 5.91 Å². The molecule has 0 saturated carbocycles. The predicted octanol–water partition coefficient (Wildman–Crippen LogP) is 6.11. The molecule has 4 nitrogen and oxygen atoms in total. The van der Waals surface area contributed by atoms with E-state index in [1.54, 1.807) is 29.2 Å². The highest BCUT2D eigenvalue weighted by Gasteiger charge is 2.22. The van der Waals surface area contributed by atoms with Gasteiger partial charge in [-0.25, -0.2) is 4.98 Å². The number of Topliss-reactive ketones (excluding diaryl/α,β-unsaturated/α-hetero) is 1. The summed E-state index contributed by atoms with van der Waals surface area (Å²) in [7, 11) is 0. The number of hydrogen-bond donors (Lipinski definition) is 0. The SMILES string of the molecule is CC(=O)c1ccc(C(=O)N(Cc2ccccc2)c2nc3ccc(Br)cc3s2)cc1. The van der Waals surface area contributed by atoms with E-state index >= 15 is 0 Å². The van der Waals surface area contributed by atoms with Crippen LogP contribution in [0.25, 0.3) is 10.2 Å². The first kappa shape index (κ1) is 19.5. The van der Waals surface area contributed by atoms with E-state index in [1.165, 1.54) is 18.3 Å². The maximum atomic E-state index is 13.4. The molecule has 0 unspecified atom stereocenters. The number of hydrogen-bond acceptors (Lipinski definition) is 4. The van der Waals surface area contributed by atoms with Crippen LogP contribution >= 0.6 is 27.3 Å². The molecule has 0 fully saturated rings. The van der Waals surface area contributed by atoms with E-state index in [-0.39, 0.29) is 11.7 Å². The average Bonchev–Trinajstić information content (AvgIpc) is 3.15. The number of ketones is 1. The van der Waals surface area contributed by atoms with Gasteiger partial charge in [0.1, 0.15) is 0 Å². The van der Waals surface area contributed by atoms with Crippen LogP contribution in [0.5, 0.6) is 0 Å². The van der Waals surface area contributed by atoms with E-state index in [1.807, 2.05) is 48.5 Å². The van der Waals surface area contributed by atoms with E-state index < -0.39 is 0 Å². The lowest BCUT2D eigenvalue weighted by Crippen LogP contribution is -2.30. The first-order valence-corrected chi connectivity index (χ1v) is 10.6. The summed E-state index contributed by atoms with van der Waals surface area (Å²) in [6, 6.07) is 22.5. The highest BCUT2D eigenvalue weighted by molar-refractivity contribution is 9.10. The first-order chi connectivity index (χ1) is 14.0. The molecule has 0 N–H and O–H groups in total. The van der Waals surface area contributed by atoms with Crippen molar-refractivity contribution in [1.82, 2.24) is 4.98 Å². The van der Waals surface area contributed by atoms with Crippen LogP contribution in [0.15, 0.2) is 77.3 Å². The molecule has 144 valence electrons. The molecule has 29 heavy (non-hydrogen) atoms. The molecule has 1 aromatic heterocycles. The largest absolute Gasteiger partial charge is 0.295 e. The Balaban J connectivity index is 1.74. The van der Waals surface area contributed by atoms with Crippen molar-refractivity contribution in [3.8, 4) is 0 Å². The maximum absolute atomic E-state index is 13.4.